The van der Waals surface area contributed by atoms with Crippen LogP contribution in [0.25, 0.3) is 0 Å². The lowest BCUT2D eigenvalue weighted by molar-refractivity contribution is 0.0271. The minimum Gasteiger partial charge on any atom is -0.444 e. The van der Waals surface area contributed by atoms with Gasteiger partial charge < -0.3 is 19.8 Å². The van der Waals surface area contributed by atoms with Gasteiger partial charge in [0.25, 0.3) is 0 Å². The maximum Gasteiger partial charge on any atom is 0.410 e. The van der Waals surface area contributed by atoms with Crippen LogP contribution in [-0.2, 0) is 11.3 Å². The Morgan fingerprint density at radius 2 is 2.00 bits per heavy atom. The van der Waals surface area contributed by atoms with Gasteiger partial charge in [0.2, 0.25) is 5.89 Å². The summed E-state index contributed by atoms with van der Waals surface area (Å²) in [6.45, 7) is 5.32. The van der Waals surface area contributed by atoms with Crippen molar-refractivity contribution in [2.45, 2.75) is 32.9 Å². The maximum absolute atomic E-state index is 11.6. The van der Waals surface area contributed by atoms with E-state index in [0.29, 0.717) is 0 Å². The zero-order chi connectivity index (χ0) is 13.9. The molecule has 0 aliphatic rings. The van der Waals surface area contributed by atoms with E-state index in [9.17, 15) is 9.59 Å². The lowest BCUT2D eigenvalue weighted by atomic mass is 10.2. The SMILES string of the molecule is CN(Cc1nnc(C(N)=O)o1)C(=O)OC(C)(C)C. The summed E-state index contributed by atoms with van der Waals surface area (Å²) in [5.41, 5.74) is 4.38. The van der Waals surface area contributed by atoms with Crippen molar-refractivity contribution >= 4 is 12.0 Å². The predicted molar refractivity (Wildman–Crippen MR) is 60.5 cm³/mol. The van der Waals surface area contributed by atoms with E-state index in [1.54, 1.807) is 20.8 Å². The summed E-state index contributed by atoms with van der Waals surface area (Å²) in [5.74, 6) is -0.992. The number of nitrogens with zero attached hydrogens (tertiary/aromatic N) is 3. The number of rotatable bonds is 3. The van der Waals surface area contributed by atoms with Gasteiger partial charge >= 0.3 is 17.9 Å². The van der Waals surface area contributed by atoms with Crippen LogP contribution in [0.2, 0.25) is 0 Å². The highest BCUT2D eigenvalue weighted by molar-refractivity contribution is 5.87. The highest BCUT2D eigenvalue weighted by Gasteiger charge is 2.21. The number of hydrogen-bond acceptors (Lipinski definition) is 6. The summed E-state index contributed by atoms with van der Waals surface area (Å²) in [7, 11) is 1.52. The van der Waals surface area contributed by atoms with Crippen molar-refractivity contribution in [2.75, 3.05) is 7.05 Å². The topological polar surface area (TPSA) is 112 Å². The summed E-state index contributed by atoms with van der Waals surface area (Å²) in [6, 6.07) is 0. The third-order valence-corrected chi connectivity index (χ3v) is 1.76. The van der Waals surface area contributed by atoms with Crippen molar-refractivity contribution in [3.63, 3.8) is 0 Å². The number of primary amides is 1. The summed E-state index contributed by atoms with van der Waals surface area (Å²) in [4.78, 5) is 23.6. The Hall–Kier alpha value is -2.12. The molecule has 0 aromatic carbocycles. The molecule has 0 fully saturated rings. The second-order valence-electron chi connectivity index (χ2n) is 4.70. The monoisotopic (exact) mass is 256 g/mol. The first-order valence-electron chi connectivity index (χ1n) is 5.25. The minimum atomic E-state index is -0.811. The van der Waals surface area contributed by atoms with E-state index in [2.05, 4.69) is 10.2 Å². The van der Waals surface area contributed by atoms with Gasteiger partial charge in [-0.1, -0.05) is 0 Å². The molecule has 1 aromatic heterocycles. The fourth-order valence-corrected chi connectivity index (χ4v) is 1.02. The van der Waals surface area contributed by atoms with Crippen LogP contribution in [0.5, 0.6) is 0 Å². The number of hydrogen-bond donors (Lipinski definition) is 1. The van der Waals surface area contributed by atoms with Gasteiger partial charge in [0, 0.05) is 7.05 Å². The summed E-state index contributed by atoms with van der Waals surface area (Å²) < 4.78 is 10.1. The van der Waals surface area contributed by atoms with Gasteiger partial charge in [-0.05, 0) is 20.8 Å². The molecule has 100 valence electrons. The van der Waals surface area contributed by atoms with E-state index in [-0.39, 0.29) is 18.3 Å². The Morgan fingerprint density at radius 3 is 2.44 bits per heavy atom. The number of carbonyl (C=O) groups excluding carboxylic acids is 2. The van der Waals surface area contributed by atoms with Gasteiger partial charge in [0.1, 0.15) is 12.1 Å². The van der Waals surface area contributed by atoms with Gasteiger partial charge in [-0.25, -0.2) is 4.79 Å². The molecule has 1 aromatic rings. The van der Waals surface area contributed by atoms with Crippen LogP contribution < -0.4 is 5.73 Å². The summed E-state index contributed by atoms with van der Waals surface area (Å²) in [6.07, 6.45) is -0.527. The Bertz CT molecular complexity index is 449. The Balaban J connectivity index is 2.61. The molecule has 8 heteroatoms. The number of carbonyl (C=O) groups is 2. The molecule has 0 spiro atoms. The normalized spacial score (nSPS) is 11.1. The van der Waals surface area contributed by atoms with Crippen LogP contribution in [0, 0.1) is 0 Å². The molecular weight excluding hydrogens is 240 g/mol. The van der Waals surface area contributed by atoms with Crippen molar-refractivity contribution < 1.29 is 18.7 Å². The third kappa shape index (κ3) is 4.04. The first kappa shape index (κ1) is 13.9. The molecule has 8 nitrogen and oxygen atoms in total. The van der Waals surface area contributed by atoms with Crippen LogP contribution in [0.1, 0.15) is 37.3 Å². The Morgan fingerprint density at radius 1 is 1.39 bits per heavy atom. The lowest BCUT2D eigenvalue weighted by Gasteiger charge is -2.23. The number of ether oxygens (including phenoxy) is 1. The first-order chi connectivity index (χ1) is 8.19. The van der Waals surface area contributed by atoms with Gasteiger partial charge in [-0.2, -0.15) is 0 Å². The van der Waals surface area contributed by atoms with Gasteiger partial charge in [-0.15, -0.1) is 10.2 Å². The molecule has 2 N–H and O–H groups in total. The van der Waals surface area contributed by atoms with Crippen LogP contribution in [0.4, 0.5) is 4.79 Å². The molecule has 0 unspecified atom stereocenters. The van der Waals surface area contributed by atoms with Gasteiger partial charge in [-0.3, -0.25) is 4.79 Å². The predicted octanol–water partition coefficient (Wildman–Crippen LogP) is 0.535. The molecule has 2 amide bonds. The molecule has 0 atom stereocenters. The Kier molecular flexibility index (Phi) is 3.89. The quantitative estimate of drug-likeness (QED) is 0.844. The van der Waals surface area contributed by atoms with E-state index in [1.807, 2.05) is 0 Å². The van der Waals surface area contributed by atoms with Crippen LogP contribution in [0.3, 0.4) is 0 Å². The van der Waals surface area contributed by atoms with Crippen LogP contribution in [-0.4, -0.2) is 39.7 Å². The molecule has 0 radical (unpaired) electrons. The molecule has 0 aliphatic carbocycles. The fourth-order valence-electron chi connectivity index (χ4n) is 1.02. The van der Waals surface area contributed by atoms with Crippen LogP contribution in [0.15, 0.2) is 4.42 Å². The van der Waals surface area contributed by atoms with E-state index < -0.39 is 17.6 Å². The number of nitrogens with two attached hydrogens (primary N) is 1. The van der Waals surface area contributed by atoms with E-state index in [1.165, 1.54) is 11.9 Å². The largest absolute Gasteiger partial charge is 0.444 e. The average molecular weight is 256 g/mol. The highest BCUT2D eigenvalue weighted by atomic mass is 16.6. The third-order valence-electron chi connectivity index (χ3n) is 1.76. The molecular formula is C10H16N4O4. The van der Waals surface area contributed by atoms with Gasteiger partial charge in [0.15, 0.2) is 0 Å². The number of aromatic nitrogens is 2. The molecule has 0 saturated heterocycles. The van der Waals surface area contributed by atoms with E-state index in [4.69, 9.17) is 14.9 Å². The first-order valence-corrected chi connectivity index (χ1v) is 5.25. The molecule has 1 rings (SSSR count). The number of amides is 2. The molecule has 18 heavy (non-hydrogen) atoms. The maximum atomic E-state index is 11.6. The van der Waals surface area contributed by atoms with E-state index in [0.717, 1.165) is 0 Å². The molecule has 1 heterocycles. The fraction of sp³-hybridized carbons (Fsp3) is 0.600. The average Bonchev–Trinajstić information content (AvgIpc) is 2.63. The standard InChI is InChI=1S/C10H16N4O4/c1-10(2,3)18-9(16)14(4)5-6-12-13-8(17-6)7(11)15/h5H2,1-4H3,(H2,11,15). The molecule has 0 bridgehead atoms. The zero-order valence-electron chi connectivity index (χ0n) is 10.8. The van der Waals surface area contributed by atoms with Gasteiger partial charge in [0.05, 0.1) is 0 Å². The van der Waals surface area contributed by atoms with Crippen molar-refractivity contribution in [1.82, 2.24) is 15.1 Å². The summed E-state index contributed by atoms with van der Waals surface area (Å²) in [5, 5.41) is 7.02. The van der Waals surface area contributed by atoms with Crippen molar-refractivity contribution in [3.05, 3.63) is 11.8 Å². The van der Waals surface area contributed by atoms with Crippen molar-refractivity contribution in [3.8, 4) is 0 Å². The lowest BCUT2D eigenvalue weighted by Crippen LogP contribution is -2.33. The van der Waals surface area contributed by atoms with E-state index >= 15 is 0 Å². The zero-order valence-corrected chi connectivity index (χ0v) is 10.8. The minimum absolute atomic E-state index is 0.0369. The summed E-state index contributed by atoms with van der Waals surface area (Å²) >= 11 is 0. The van der Waals surface area contributed by atoms with Crippen molar-refractivity contribution in [2.24, 2.45) is 5.73 Å². The second-order valence-corrected chi connectivity index (χ2v) is 4.70. The molecule has 0 saturated carbocycles. The second kappa shape index (κ2) is 5.03. The van der Waals surface area contributed by atoms with Crippen LogP contribution >= 0.6 is 0 Å². The van der Waals surface area contributed by atoms with Crippen molar-refractivity contribution in [1.29, 1.82) is 0 Å². The Labute approximate surface area is 104 Å². The smallest absolute Gasteiger partial charge is 0.410 e. The highest BCUT2D eigenvalue weighted by Crippen LogP contribution is 2.10. The molecule has 0 aliphatic heterocycles.